The van der Waals surface area contributed by atoms with Crippen LogP contribution in [0, 0.1) is 6.92 Å². The molecule has 1 amide bonds. The molecule has 2 aliphatic rings. The number of nitrogens with one attached hydrogen (secondary N) is 1. The average molecular weight is 674 g/mol. The average Bonchev–Trinajstić information content (AvgIpc) is 3.34. The van der Waals surface area contributed by atoms with Crippen LogP contribution in [0.2, 0.25) is 0 Å². The number of ether oxygens (including phenoxy) is 1. The normalized spacial score (nSPS) is 16.6. The molecule has 0 unspecified atom stereocenters. The number of unbranched alkanes of at least 4 members (excludes halogenated alkanes) is 5. The molecule has 2 heterocycles. The molecule has 1 spiro atoms. The smallest absolute Gasteiger partial charge is 0.416 e. The molecule has 0 atom stereocenters. The molecular weight excluding hydrogens is 627 g/mol. The van der Waals surface area contributed by atoms with Crippen molar-refractivity contribution in [2.45, 2.75) is 89.3 Å². The van der Waals surface area contributed by atoms with E-state index in [0.29, 0.717) is 12.8 Å². The summed E-state index contributed by atoms with van der Waals surface area (Å²) in [6.45, 7) is 9.70. The zero-order valence-corrected chi connectivity index (χ0v) is 28.0. The number of allylic oxidation sites excluding steroid dienone is 1. The number of benzene rings is 2. The lowest BCUT2D eigenvalue weighted by atomic mass is 9.89. The largest absolute Gasteiger partial charge is 0.493 e. The van der Waals surface area contributed by atoms with E-state index in [1.807, 2.05) is 19.1 Å². The molecule has 11 heteroatoms. The summed E-state index contributed by atoms with van der Waals surface area (Å²) < 4.78 is 74.4. The number of aryl methyl sites for hydroxylation is 3. The number of hydrogen-bond donors (Lipinski definition) is 1. The number of carbonyl (C=O) groups is 1. The number of carbonyl (C=O) groups excluding carboxylic acids is 1. The van der Waals surface area contributed by atoms with E-state index in [4.69, 9.17) is 4.74 Å². The summed E-state index contributed by atoms with van der Waals surface area (Å²) >= 11 is 0. The highest BCUT2D eigenvalue weighted by Crippen LogP contribution is 2.36. The van der Waals surface area contributed by atoms with E-state index >= 15 is 0 Å². The van der Waals surface area contributed by atoms with Gasteiger partial charge in [0.1, 0.15) is 17.1 Å². The molecule has 1 N–H and O–H groups in total. The van der Waals surface area contributed by atoms with Gasteiger partial charge in [-0.1, -0.05) is 49.6 Å². The van der Waals surface area contributed by atoms with Gasteiger partial charge in [0.2, 0.25) is 10.0 Å². The van der Waals surface area contributed by atoms with E-state index in [1.165, 1.54) is 41.6 Å². The molecule has 0 bridgehead atoms. The molecule has 2 aromatic rings. The van der Waals surface area contributed by atoms with E-state index in [1.54, 1.807) is 6.08 Å². The Balaban J connectivity index is 1.35. The Labute approximate surface area is 277 Å². The number of hydrogen-bond acceptors (Lipinski definition) is 5. The van der Waals surface area contributed by atoms with Crippen LogP contribution in [-0.2, 0) is 33.8 Å². The SMILES string of the molecule is C=CCCCCCCCc1ccc(CCS(=O)(=O)N2CCC3(CC2)N=C(c2cc(OCCC=C)cc(C(F)(F)F)c2)NC3=O)c(C)c1. The number of sulfonamides is 1. The number of amidine groups is 1. The lowest BCUT2D eigenvalue weighted by Gasteiger charge is -2.34. The number of halogens is 3. The number of aliphatic imine (C=N–C) groups is 1. The Bertz CT molecular complexity index is 1560. The first-order valence-corrected chi connectivity index (χ1v) is 18.0. The standard InChI is InChI=1S/C36H46F3N3O4S/c1-4-6-8-9-10-11-12-13-28-14-15-29(27(3)23-28)16-22-47(44,45)42-19-17-35(18-20-42)34(43)40-33(41-35)30-24-31(36(37,38)39)26-32(25-30)46-21-7-5-2/h4-5,14-15,23-26H,1-2,6-13,16-22H2,3H3,(H,40,41,43). The van der Waals surface area contributed by atoms with Crippen LogP contribution in [0.1, 0.15) is 85.6 Å². The first-order valence-electron chi connectivity index (χ1n) is 16.4. The molecule has 2 aromatic carbocycles. The van der Waals surface area contributed by atoms with Gasteiger partial charge in [-0.15, -0.1) is 13.2 Å². The molecule has 256 valence electrons. The number of rotatable bonds is 17. The molecule has 1 fully saturated rings. The second kappa shape index (κ2) is 16.1. The topological polar surface area (TPSA) is 88.1 Å². The molecule has 1 saturated heterocycles. The van der Waals surface area contributed by atoms with Crippen molar-refractivity contribution < 1.29 is 31.1 Å². The zero-order valence-electron chi connectivity index (χ0n) is 27.2. The fourth-order valence-corrected chi connectivity index (χ4v) is 7.55. The van der Waals surface area contributed by atoms with E-state index in [2.05, 4.69) is 35.6 Å². The van der Waals surface area contributed by atoms with Gasteiger partial charge in [-0.2, -0.15) is 13.2 Å². The third-order valence-corrected chi connectivity index (χ3v) is 10.8. The highest BCUT2D eigenvalue weighted by molar-refractivity contribution is 7.89. The maximum atomic E-state index is 13.6. The van der Waals surface area contributed by atoms with Crippen molar-refractivity contribution in [1.29, 1.82) is 0 Å². The van der Waals surface area contributed by atoms with Crippen LogP contribution in [0.25, 0.3) is 0 Å². The predicted molar refractivity (Wildman–Crippen MR) is 180 cm³/mol. The van der Waals surface area contributed by atoms with Gasteiger partial charge < -0.3 is 10.1 Å². The summed E-state index contributed by atoms with van der Waals surface area (Å²) in [6.07, 6.45) is 8.08. The Morgan fingerprint density at radius 2 is 1.68 bits per heavy atom. The summed E-state index contributed by atoms with van der Waals surface area (Å²) in [5.74, 6) is -0.469. The summed E-state index contributed by atoms with van der Waals surface area (Å²) in [5.41, 5.74) is 1.26. The van der Waals surface area contributed by atoms with Crippen molar-refractivity contribution in [2.24, 2.45) is 4.99 Å². The molecule has 0 saturated carbocycles. The second-order valence-corrected chi connectivity index (χ2v) is 14.5. The van der Waals surface area contributed by atoms with Crippen LogP contribution in [0.4, 0.5) is 13.2 Å². The van der Waals surface area contributed by atoms with Crippen LogP contribution < -0.4 is 10.1 Å². The Kier molecular flexibility index (Phi) is 12.5. The van der Waals surface area contributed by atoms with Crippen LogP contribution in [-0.4, -0.2) is 55.5 Å². The summed E-state index contributed by atoms with van der Waals surface area (Å²) in [5, 5.41) is 2.64. The number of alkyl halides is 3. The lowest BCUT2D eigenvalue weighted by Crippen LogP contribution is -2.50. The molecule has 0 aromatic heterocycles. The number of amides is 1. The van der Waals surface area contributed by atoms with E-state index < -0.39 is 33.2 Å². The Hall–Kier alpha value is -3.44. The highest BCUT2D eigenvalue weighted by Gasteiger charge is 2.47. The van der Waals surface area contributed by atoms with Gasteiger partial charge in [0.15, 0.2) is 0 Å². The minimum Gasteiger partial charge on any atom is -0.493 e. The third kappa shape index (κ3) is 9.79. The molecular formula is C36H46F3N3O4S. The molecule has 0 radical (unpaired) electrons. The van der Waals surface area contributed by atoms with Crippen LogP contribution in [0.5, 0.6) is 5.75 Å². The lowest BCUT2D eigenvalue weighted by molar-refractivity contribution is -0.137. The zero-order chi connectivity index (χ0) is 34.1. The molecule has 47 heavy (non-hydrogen) atoms. The van der Waals surface area contributed by atoms with Gasteiger partial charge in [0.25, 0.3) is 5.91 Å². The van der Waals surface area contributed by atoms with Crippen molar-refractivity contribution >= 4 is 21.8 Å². The van der Waals surface area contributed by atoms with Gasteiger partial charge in [0, 0.05) is 18.7 Å². The Morgan fingerprint density at radius 3 is 2.36 bits per heavy atom. The van der Waals surface area contributed by atoms with Crippen molar-refractivity contribution in [2.75, 3.05) is 25.4 Å². The fourth-order valence-electron chi connectivity index (χ4n) is 6.08. The van der Waals surface area contributed by atoms with Crippen molar-refractivity contribution in [3.8, 4) is 5.75 Å². The van der Waals surface area contributed by atoms with Crippen LogP contribution >= 0.6 is 0 Å². The Morgan fingerprint density at radius 1 is 0.979 bits per heavy atom. The maximum absolute atomic E-state index is 13.6. The summed E-state index contributed by atoms with van der Waals surface area (Å²) in [7, 11) is -3.61. The van der Waals surface area contributed by atoms with Gasteiger partial charge in [-0.05, 0) is 93.2 Å². The van der Waals surface area contributed by atoms with Crippen molar-refractivity contribution in [3.05, 3.63) is 89.5 Å². The number of piperidine rings is 1. The van der Waals surface area contributed by atoms with E-state index in [0.717, 1.165) is 42.5 Å². The van der Waals surface area contributed by atoms with Crippen molar-refractivity contribution in [3.63, 3.8) is 0 Å². The molecule has 7 nitrogen and oxygen atoms in total. The first-order chi connectivity index (χ1) is 22.4. The first kappa shape index (κ1) is 36.4. The van der Waals surface area contributed by atoms with Crippen molar-refractivity contribution in [1.82, 2.24) is 9.62 Å². The highest BCUT2D eigenvalue weighted by atomic mass is 32.2. The van der Waals surface area contributed by atoms with Gasteiger partial charge in [-0.25, -0.2) is 12.7 Å². The van der Waals surface area contributed by atoms with Crippen LogP contribution in [0.3, 0.4) is 0 Å². The minimum absolute atomic E-state index is 0.00543. The monoisotopic (exact) mass is 673 g/mol. The summed E-state index contributed by atoms with van der Waals surface area (Å²) in [4.78, 5) is 17.7. The van der Waals surface area contributed by atoms with E-state index in [-0.39, 0.29) is 55.4 Å². The van der Waals surface area contributed by atoms with E-state index in [9.17, 15) is 26.4 Å². The second-order valence-electron chi connectivity index (χ2n) is 12.4. The maximum Gasteiger partial charge on any atom is 0.416 e. The predicted octanol–water partition coefficient (Wildman–Crippen LogP) is 7.32. The number of nitrogens with zero attached hydrogens (tertiary/aromatic N) is 2. The molecule has 4 rings (SSSR count). The fraction of sp³-hybridized carbons (Fsp3) is 0.500. The van der Waals surface area contributed by atoms with Gasteiger partial charge in [0.05, 0.1) is 17.9 Å². The minimum atomic E-state index is -4.63. The molecule has 0 aliphatic carbocycles. The quantitative estimate of drug-likeness (QED) is 0.141. The van der Waals surface area contributed by atoms with Crippen LogP contribution in [0.15, 0.2) is 66.7 Å². The van der Waals surface area contributed by atoms with Gasteiger partial charge in [-0.3, -0.25) is 9.79 Å². The third-order valence-electron chi connectivity index (χ3n) is 8.93. The molecule has 2 aliphatic heterocycles. The summed E-state index contributed by atoms with van der Waals surface area (Å²) in [6, 6.07) is 9.52. The van der Waals surface area contributed by atoms with Gasteiger partial charge >= 0.3 is 6.18 Å².